The van der Waals surface area contributed by atoms with Crippen molar-refractivity contribution in [1.29, 1.82) is 0 Å². The van der Waals surface area contributed by atoms with E-state index < -0.39 is 94.9 Å². The molecule has 13 atom stereocenters. The van der Waals surface area contributed by atoms with Crippen LogP contribution in [0, 0.1) is 40.4 Å². The molecule has 0 radical (unpaired) electrons. The number of rotatable bonds is 7. The van der Waals surface area contributed by atoms with Crippen molar-refractivity contribution < 1.29 is 57.5 Å². The summed E-state index contributed by atoms with van der Waals surface area (Å²) in [6.45, 7) is 18.0. The second kappa shape index (κ2) is 12.0. The molecular weight excluding hydrogens is 624 g/mol. The third-order valence-electron chi connectivity index (χ3n) is 12.3. The number of hydrogen-bond acceptors (Lipinski definition) is 12. The lowest BCUT2D eigenvalue weighted by Gasteiger charge is -2.52. The van der Waals surface area contributed by atoms with Crippen molar-refractivity contribution in [1.82, 2.24) is 0 Å². The fourth-order valence-corrected chi connectivity index (χ4v) is 10.2. The molecule has 0 spiro atoms. The largest absolute Gasteiger partial charge is 0.462 e. The quantitative estimate of drug-likeness (QED) is 0.236. The summed E-state index contributed by atoms with van der Waals surface area (Å²) >= 11 is 0. The fourth-order valence-electron chi connectivity index (χ4n) is 10.2. The lowest BCUT2D eigenvalue weighted by Crippen LogP contribution is -2.66. The molecule has 1 saturated heterocycles. The van der Waals surface area contributed by atoms with Crippen molar-refractivity contribution in [2.75, 3.05) is 0 Å². The highest BCUT2D eigenvalue weighted by Gasteiger charge is 2.89. The van der Waals surface area contributed by atoms with E-state index in [9.17, 15) is 29.1 Å². The Morgan fingerprint density at radius 3 is 1.90 bits per heavy atom. The molecular formula is C36H50O12. The minimum atomic E-state index is -1.78. The van der Waals surface area contributed by atoms with Gasteiger partial charge >= 0.3 is 29.8 Å². The topological polar surface area (TPSA) is 161 Å². The molecule has 266 valence electrons. The van der Waals surface area contributed by atoms with Gasteiger partial charge in [-0.25, -0.2) is 9.59 Å². The fraction of sp³-hybridized carbons (Fsp3) is 0.750. The standard InChI is InChI=1S/C36H50O12/c1-12-16(3)29(40)46-23-14-22-24(33(22,9)10)27-34(11)31(45-21(8)39)35(47-30(41)17(4)13-2)15-18(5)26(43-19(6)37)25(35)28(44-20(7)38)36(23,27)32(42)48-34/h12-13,18,22-28,31-32,42H,14-15H2,1-11H3. The third-order valence-corrected chi connectivity index (χ3v) is 12.3. The molecule has 0 aromatic rings. The molecule has 5 rings (SSSR count). The Kier molecular flexibility index (Phi) is 8.98. The maximum atomic E-state index is 13.9. The molecule has 0 aromatic carbocycles. The van der Waals surface area contributed by atoms with Gasteiger partial charge in [0.15, 0.2) is 18.0 Å². The van der Waals surface area contributed by atoms with Gasteiger partial charge in [-0.15, -0.1) is 0 Å². The zero-order valence-corrected chi connectivity index (χ0v) is 29.8. The van der Waals surface area contributed by atoms with E-state index in [0.29, 0.717) is 12.0 Å². The Bertz CT molecular complexity index is 1460. The number of fused-ring (bicyclic) bond motifs is 2. The van der Waals surface area contributed by atoms with Crippen LogP contribution in [0.15, 0.2) is 23.3 Å². The van der Waals surface area contributed by atoms with Crippen LogP contribution in [0.4, 0.5) is 0 Å². The summed E-state index contributed by atoms with van der Waals surface area (Å²) in [4.78, 5) is 66.4. The third kappa shape index (κ3) is 5.03. The van der Waals surface area contributed by atoms with Crippen LogP contribution in [0.25, 0.3) is 0 Å². The molecule has 1 heterocycles. The van der Waals surface area contributed by atoms with Gasteiger partial charge < -0.3 is 33.5 Å². The zero-order valence-electron chi connectivity index (χ0n) is 29.8. The van der Waals surface area contributed by atoms with Crippen molar-refractivity contribution in [3.63, 3.8) is 0 Å². The summed E-state index contributed by atoms with van der Waals surface area (Å²) in [5, 5.41) is 12.4. The molecule has 12 nitrogen and oxygen atoms in total. The summed E-state index contributed by atoms with van der Waals surface area (Å²) in [5.74, 6) is -6.00. The summed E-state index contributed by atoms with van der Waals surface area (Å²) in [7, 11) is 0. The van der Waals surface area contributed by atoms with E-state index in [1.165, 1.54) is 20.8 Å². The van der Waals surface area contributed by atoms with Crippen molar-refractivity contribution >= 4 is 29.8 Å². The lowest BCUT2D eigenvalue weighted by molar-refractivity contribution is -0.289. The number of carbonyl (C=O) groups excluding carboxylic acids is 5. The monoisotopic (exact) mass is 674 g/mol. The first-order valence-electron chi connectivity index (χ1n) is 16.8. The molecule has 5 fully saturated rings. The van der Waals surface area contributed by atoms with Crippen molar-refractivity contribution in [2.45, 2.75) is 131 Å². The van der Waals surface area contributed by atoms with E-state index in [1.54, 1.807) is 53.7 Å². The molecule has 4 aliphatic carbocycles. The van der Waals surface area contributed by atoms with Gasteiger partial charge in [-0.05, 0) is 70.6 Å². The van der Waals surface area contributed by atoms with Crippen molar-refractivity contribution in [2.24, 2.45) is 40.4 Å². The van der Waals surface area contributed by atoms with Crippen LogP contribution in [0.5, 0.6) is 0 Å². The van der Waals surface area contributed by atoms with Crippen LogP contribution in [0.2, 0.25) is 0 Å². The van der Waals surface area contributed by atoms with Crippen LogP contribution in [-0.2, 0) is 52.4 Å². The van der Waals surface area contributed by atoms with Crippen LogP contribution in [-0.4, -0.2) is 76.9 Å². The number of hydrogen-bond donors (Lipinski definition) is 1. The molecule has 1 N–H and O–H groups in total. The number of aliphatic hydroxyl groups is 1. The molecule has 13 unspecified atom stereocenters. The van der Waals surface area contributed by atoms with Gasteiger partial charge in [0.25, 0.3) is 0 Å². The Labute approximate surface area is 281 Å². The molecule has 2 bridgehead atoms. The summed E-state index contributed by atoms with van der Waals surface area (Å²) in [6, 6.07) is 0. The summed E-state index contributed by atoms with van der Waals surface area (Å²) < 4.78 is 38.0. The van der Waals surface area contributed by atoms with E-state index in [0.717, 1.165) is 0 Å². The predicted molar refractivity (Wildman–Crippen MR) is 168 cm³/mol. The summed E-state index contributed by atoms with van der Waals surface area (Å²) in [6.07, 6.45) is -3.01. The normalized spacial score (nSPS) is 43.8. The maximum Gasteiger partial charge on any atom is 0.334 e. The smallest absolute Gasteiger partial charge is 0.334 e. The second-order valence-electron chi connectivity index (χ2n) is 15.3. The lowest BCUT2D eigenvalue weighted by atomic mass is 9.56. The molecule has 48 heavy (non-hydrogen) atoms. The first kappa shape index (κ1) is 36.0. The number of allylic oxidation sites excluding steroid dienone is 2. The van der Waals surface area contributed by atoms with Gasteiger partial charge in [0.05, 0.1) is 5.92 Å². The van der Waals surface area contributed by atoms with Gasteiger partial charge in [-0.1, -0.05) is 32.9 Å². The highest BCUT2D eigenvalue weighted by atomic mass is 16.7. The highest BCUT2D eigenvalue weighted by molar-refractivity contribution is 5.88. The molecule has 1 aliphatic heterocycles. The van der Waals surface area contributed by atoms with Crippen LogP contribution >= 0.6 is 0 Å². The van der Waals surface area contributed by atoms with Gasteiger partial charge in [0, 0.05) is 37.8 Å². The van der Waals surface area contributed by atoms with Crippen LogP contribution in [0.1, 0.15) is 89.0 Å². The van der Waals surface area contributed by atoms with Crippen molar-refractivity contribution in [3.05, 3.63) is 23.3 Å². The molecule has 12 heteroatoms. The first-order chi connectivity index (χ1) is 22.2. The zero-order chi connectivity index (χ0) is 35.9. The van der Waals surface area contributed by atoms with Crippen molar-refractivity contribution in [3.8, 4) is 0 Å². The minimum absolute atomic E-state index is 0.00609. The van der Waals surface area contributed by atoms with Gasteiger partial charge in [-0.3, -0.25) is 14.4 Å². The average molecular weight is 675 g/mol. The number of aliphatic hydroxyl groups excluding tert-OH is 1. The predicted octanol–water partition coefficient (Wildman–Crippen LogP) is 3.96. The molecule has 5 aliphatic rings. The molecule has 0 aromatic heterocycles. The average Bonchev–Trinajstić information content (AvgIpc) is 3.29. The molecule has 0 amide bonds. The number of ether oxygens (including phenoxy) is 6. The van der Waals surface area contributed by atoms with E-state index in [4.69, 9.17) is 28.4 Å². The molecule has 4 saturated carbocycles. The highest BCUT2D eigenvalue weighted by Crippen LogP contribution is 2.80. The first-order valence-corrected chi connectivity index (χ1v) is 16.8. The van der Waals surface area contributed by atoms with E-state index in [1.807, 2.05) is 0 Å². The SMILES string of the molecule is CC=C(C)C(=O)OC1CC2C(C3C4(C)OC(O)C13C(OC(C)=O)C1C(OC(C)=O)C(C)CC1(OC(=O)C(C)=CC)C4OC(C)=O)C2(C)C. The van der Waals surface area contributed by atoms with E-state index in [2.05, 4.69) is 13.8 Å². The van der Waals surface area contributed by atoms with E-state index >= 15 is 0 Å². The van der Waals surface area contributed by atoms with Gasteiger partial charge in [0.1, 0.15) is 29.3 Å². The number of carbonyl (C=O) groups is 5. The Morgan fingerprint density at radius 1 is 0.792 bits per heavy atom. The van der Waals surface area contributed by atoms with E-state index in [-0.39, 0.29) is 29.2 Å². The van der Waals surface area contributed by atoms with Crippen LogP contribution < -0.4 is 0 Å². The minimum Gasteiger partial charge on any atom is -0.462 e. The van der Waals surface area contributed by atoms with Gasteiger partial charge in [-0.2, -0.15) is 0 Å². The van der Waals surface area contributed by atoms with Gasteiger partial charge in [0.2, 0.25) is 0 Å². The second-order valence-corrected chi connectivity index (χ2v) is 15.3. The Balaban J connectivity index is 1.90. The maximum absolute atomic E-state index is 13.9. The Hall–Kier alpha value is -3.25. The number of esters is 5. The summed E-state index contributed by atoms with van der Waals surface area (Å²) in [5.41, 5.74) is -4.75. The Morgan fingerprint density at radius 2 is 1.35 bits per heavy atom. The van der Waals surface area contributed by atoms with Crippen LogP contribution in [0.3, 0.4) is 0 Å².